The predicted molar refractivity (Wildman–Crippen MR) is 189 cm³/mol. The summed E-state index contributed by atoms with van der Waals surface area (Å²) in [5, 5.41) is 11.0. The fourth-order valence-corrected chi connectivity index (χ4v) is 8.50. The summed E-state index contributed by atoms with van der Waals surface area (Å²) in [5.74, 6) is 2.65. The number of fused-ring (bicyclic) bond motifs is 9. The van der Waals surface area contributed by atoms with Crippen LogP contribution in [0.4, 0.5) is 0 Å². The lowest BCUT2D eigenvalue weighted by atomic mass is 9.71. The topological polar surface area (TPSA) is 112 Å². The molecule has 51 heavy (non-hydrogen) atoms. The van der Waals surface area contributed by atoms with Gasteiger partial charge in [-0.3, -0.25) is 9.80 Å². The summed E-state index contributed by atoms with van der Waals surface area (Å²) in [7, 11) is 5.31. The molecule has 2 bridgehead atoms. The number of esters is 1. The molecule has 4 aliphatic rings. The molecule has 0 aromatic heterocycles. The van der Waals surface area contributed by atoms with Crippen LogP contribution in [-0.4, -0.2) is 82.0 Å². The van der Waals surface area contributed by atoms with Crippen LogP contribution in [-0.2, 0) is 27.1 Å². The van der Waals surface area contributed by atoms with Gasteiger partial charge in [-0.1, -0.05) is 49.1 Å². The molecular weight excluding hydrogens is 650 g/mol. The van der Waals surface area contributed by atoms with E-state index in [-0.39, 0.29) is 44.9 Å². The van der Waals surface area contributed by atoms with Crippen LogP contribution < -0.4 is 23.7 Å². The Morgan fingerprint density at radius 1 is 1.04 bits per heavy atom. The van der Waals surface area contributed by atoms with Crippen molar-refractivity contribution in [2.75, 3.05) is 48.1 Å². The third-order valence-electron chi connectivity index (χ3n) is 10.5. The van der Waals surface area contributed by atoms with Gasteiger partial charge in [-0.2, -0.15) is 5.26 Å². The van der Waals surface area contributed by atoms with E-state index in [1.165, 1.54) is 6.08 Å². The average Bonchev–Trinajstić information content (AvgIpc) is 3.63. The average molecular weight is 694 g/mol. The van der Waals surface area contributed by atoms with E-state index in [1.54, 1.807) is 26.4 Å². The van der Waals surface area contributed by atoms with Gasteiger partial charge in [0.05, 0.1) is 25.3 Å². The molecule has 4 aliphatic heterocycles. The number of nitriles is 1. The minimum Gasteiger partial charge on any atom is -0.493 e. The maximum Gasteiger partial charge on any atom is 0.330 e. The molecule has 3 aromatic carbocycles. The first-order chi connectivity index (χ1) is 24.8. The third-order valence-corrected chi connectivity index (χ3v) is 10.5. The molecule has 11 heteroatoms. The number of benzene rings is 3. The minimum atomic E-state index is -0.560. The van der Waals surface area contributed by atoms with Gasteiger partial charge in [0, 0.05) is 47.5 Å². The van der Waals surface area contributed by atoms with Gasteiger partial charge in [0.15, 0.2) is 29.8 Å². The number of rotatable bonds is 11. The number of hydrogen-bond acceptors (Lipinski definition) is 11. The van der Waals surface area contributed by atoms with Crippen LogP contribution in [0.15, 0.2) is 55.1 Å². The minimum absolute atomic E-state index is 0.0281. The summed E-state index contributed by atoms with van der Waals surface area (Å²) >= 11 is 0. The number of carbonyl (C=O) groups excluding carboxylic acids is 1. The molecule has 0 spiro atoms. The Kier molecular flexibility index (Phi) is 9.66. The van der Waals surface area contributed by atoms with Crippen LogP contribution in [0, 0.1) is 25.2 Å². The van der Waals surface area contributed by atoms with E-state index >= 15 is 0 Å². The quantitative estimate of drug-likeness (QED) is 0.108. The highest BCUT2D eigenvalue weighted by Crippen LogP contribution is 2.58. The molecule has 5 atom stereocenters. The Bertz CT molecular complexity index is 1900. The fraction of sp³-hybridized carbons (Fsp3) is 0.400. The lowest BCUT2D eigenvalue weighted by Gasteiger charge is -2.59. The van der Waals surface area contributed by atoms with E-state index < -0.39 is 18.1 Å². The summed E-state index contributed by atoms with van der Waals surface area (Å²) in [6.07, 6.45) is 5.98. The highest BCUT2D eigenvalue weighted by molar-refractivity contribution is 5.87. The zero-order chi connectivity index (χ0) is 35.8. The van der Waals surface area contributed by atoms with Crippen LogP contribution in [0.1, 0.15) is 51.0 Å². The van der Waals surface area contributed by atoms with Gasteiger partial charge in [-0.25, -0.2) is 4.79 Å². The van der Waals surface area contributed by atoms with Crippen LogP contribution in [0.2, 0.25) is 0 Å². The molecule has 266 valence electrons. The molecule has 1 saturated heterocycles. The van der Waals surface area contributed by atoms with Crippen molar-refractivity contribution in [3.8, 4) is 34.8 Å². The summed E-state index contributed by atoms with van der Waals surface area (Å²) in [6.45, 7) is 8.19. The predicted octanol–water partition coefficient (Wildman–Crippen LogP) is 5.62. The van der Waals surface area contributed by atoms with Gasteiger partial charge >= 0.3 is 5.97 Å². The highest BCUT2D eigenvalue weighted by Gasteiger charge is 2.57. The highest BCUT2D eigenvalue weighted by atomic mass is 16.7. The molecular formula is C40H43N3O8. The number of hydrogen-bond donors (Lipinski definition) is 0. The zero-order valence-corrected chi connectivity index (χ0v) is 29.6. The Balaban J connectivity index is 1.40. The van der Waals surface area contributed by atoms with Crippen molar-refractivity contribution in [2.45, 2.75) is 56.9 Å². The van der Waals surface area contributed by atoms with Crippen molar-refractivity contribution >= 4 is 12.0 Å². The molecule has 4 heterocycles. The first-order valence-corrected chi connectivity index (χ1v) is 17.1. The van der Waals surface area contributed by atoms with Crippen LogP contribution >= 0.6 is 0 Å². The standard InChI is InChI=1S/C40H43N3O8/c1-7-15-47-37-24(3)38-40(51-22-50-38)34-27(37)18-29-35-33-26(16-23(2)36(46-6)39(33)49-21-45-5)17-28(42(35)4)30(19-41)43(29)31(34)20-48-32(44)14-13-25-11-9-8-10-12-25/h7-14,16,28-31,35H,1,15,17-18,20-22H2,2-6H3/b14-13+/t28?,29-,30-,31-,35?/m0/s1. The number of carbonyl (C=O) groups is 1. The number of piperazine rings is 1. The van der Waals surface area contributed by atoms with Gasteiger partial charge in [0.25, 0.3) is 0 Å². The molecule has 3 aromatic rings. The SMILES string of the molecule is C=CCOc1c(C)c2c(c3c1C[C@H]1C4c5c(cc(C)c(OC)c5OCOC)CC([C@H](C#N)N1[C@H]3COC(=O)/C=C/c1ccccc1)N4C)OCO2. The van der Waals surface area contributed by atoms with Crippen LogP contribution in [0.25, 0.3) is 6.08 Å². The van der Waals surface area contributed by atoms with Gasteiger partial charge in [-0.05, 0) is 56.5 Å². The maximum absolute atomic E-state index is 13.3. The van der Waals surface area contributed by atoms with E-state index in [9.17, 15) is 10.1 Å². The molecule has 0 N–H and O–H groups in total. The summed E-state index contributed by atoms with van der Waals surface area (Å²) in [4.78, 5) is 17.8. The van der Waals surface area contributed by atoms with Crippen molar-refractivity contribution in [3.05, 3.63) is 94.1 Å². The summed E-state index contributed by atoms with van der Waals surface area (Å²) < 4.78 is 42.3. The zero-order valence-electron chi connectivity index (χ0n) is 29.6. The molecule has 2 unspecified atom stereocenters. The van der Waals surface area contributed by atoms with Gasteiger partial charge in [0.1, 0.15) is 25.0 Å². The van der Waals surface area contributed by atoms with E-state index in [1.807, 2.05) is 44.2 Å². The molecule has 0 radical (unpaired) electrons. The largest absolute Gasteiger partial charge is 0.493 e. The van der Waals surface area contributed by atoms with E-state index in [0.29, 0.717) is 41.6 Å². The first kappa shape index (κ1) is 34.4. The number of methoxy groups -OCH3 is 2. The van der Waals surface area contributed by atoms with Crippen molar-refractivity contribution < 1.29 is 38.0 Å². The monoisotopic (exact) mass is 693 g/mol. The first-order valence-electron chi connectivity index (χ1n) is 17.1. The number of aryl methyl sites for hydroxylation is 1. The Morgan fingerprint density at radius 3 is 2.55 bits per heavy atom. The molecule has 0 saturated carbocycles. The summed E-state index contributed by atoms with van der Waals surface area (Å²) in [6, 6.07) is 12.6. The Hall–Kier alpha value is -5.02. The fourth-order valence-electron chi connectivity index (χ4n) is 8.50. The number of ether oxygens (including phenoxy) is 7. The van der Waals surface area contributed by atoms with Gasteiger partial charge < -0.3 is 33.2 Å². The van der Waals surface area contributed by atoms with E-state index in [0.717, 1.165) is 38.9 Å². The second kappa shape index (κ2) is 14.3. The lowest BCUT2D eigenvalue weighted by Crippen LogP contribution is -2.68. The molecule has 0 amide bonds. The van der Waals surface area contributed by atoms with E-state index in [2.05, 4.69) is 35.6 Å². The maximum atomic E-state index is 13.3. The van der Waals surface area contributed by atoms with Crippen molar-refractivity contribution in [1.82, 2.24) is 9.80 Å². The van der Waals surface area contributed by atoms with Crippen LogP contribution in [0.3, 0.4) is 0 Å². The van der Waals surface area contributed by atoms with Gasteiger partial charge in [-0.15, -0.1) is 0 Å². The Morgan fingerprint density at radius 2 is 1.82 bits per heavy atom. The second-order valence-corrected chi connectivity index (χ2v) is 13.3. The number of likely N-dealkylation sites (N-methyl/N-ethyl adjacent to an activating group) is 1. The summed E-state index contributed by atoms with van der Waals surface area (Å²) in [5.41, 5.74) is 6.49. The van der Waals surface area contributed by atoms with E-state index in [4.69, 9.17) is 33.2 Å². The second-order valence-electron chi connectivity index (χ2n) is 13.3. The smallest absolute Gasteiger partial charge is 0.330 e. The van der Waals surface area contributed by atoms with Crippen LogP contribution in [0.5, 0.6) is 28.7 Å². The van der Waals surface area contributed by atoms with Gasteiger partial charge in [0.2, 0.25) is 6.79 Å². The normalized spacial score (nSPS) is 23.1. The van der Waals surface area contributed by atoms with Crippen molar-refractivity contribution in [2.24, 2.45) is 0 Å². The molecule has 0 aliphatic carbocycles. The molecule has 11 nitrogen and oxygen atoms in total. The molecule has 7 rings (SSSR count). The lowest BCUT2D eigenvalue weighted by molar-refractivity contribution is -0.143. The van der Waals surface area contributed by atoms with Crippen molar-refractivity contribution in [3.63, 3.8) is 0 Å². The number of nitrogens with zero attached hydrogens (tertiary/aromatic N) is 3. The molecule has 1 fully saturated rings. The van der Waals surface area contributed by atoms with Crippen molar-refractivity contribution in [1.29, 1.82) is 5.26 Å². The third kappa shape index (κ3) is 5.87. The Labute approximate surface area is 298 Å².